The largest absolute Gasteiger partial charge is 0.573 e. The third-order valence-corrected chi connectivity index (χ3v) is 4.81. The average Bonchev–Trinajstić information content (AvgIpc) is 3.16. The van der Waals surface area contributed by atoms with Gasteiger partial charge in [0.15, 0.2) is 18.1 Å². The smallest absolute Gasteiger partial charge is 0.491 e. The van der Waals surface area contributed by atoms with Gasteiger partial charge in [-0.15, -0.1) is 18.3 Å². The molecule has 0 aliphatic heterocycles. The number of carbonyl (C=O) groups excluding carboxylic acids is 1. The monoisotopic (exact) mass is 470 g/mol. The first-order valence-corrected chi connectivity index (χ1v) is 9.88. The summed E-state index contributed by atoms with van der Waals surface area (Å²) < 4.78 is 52.7. The van der Waals surface area contributed by atoms with Crippen molar-refractivity contribution in [3.05, 3.63) is 42.2 Å². The van der Waals surface area contributed by atoms with E-state index in [-0.39, 0.29) is 12.3 Å². The Labute approximate surface area is 184 Å². The van der Waals surface area contributed by atoms with Crippen LogP contribution in [0.15, 0.2) is 41.7 Å². The van der Waals surface area contributed by atoms with Crippen LogP contribution in [0.2, 0.25) is 0 Å². The van der Waals surface area contributed by atoms with Gasteiger partial charge in [0, 0.05) is 24.6 Å². The molecule has 0 atom stereocenters. The van der Waals surface area contributed by atoms with E-state index < -0.39 is 18.0 Å². The standard InChI is InChI=1S/C18H17F3N6O4S/c1-27-17(24-25-26-27)32-10-12-7-14(15(29-2)8-22-12)30-9-16(28)23-11-3-5-13(6-4-11)31-18(19,20)21/h3-8H,9-10H2,1-2H3,(H,23,28). The van der Waals surface area contributed by atoms with Gasteiger partial charge in [0.25, 0.3) is 5.91 Å². The predicted molar refractivity (Wildman–Crippen MR) is 106 cm³/mol. The van der Waals surface area contributed by atoms with Crippen molar-refractivity contribution in [3.63, 3.8) is 0 Å². The molecule has 0 aliphatic carbocycles. The first-order valence-electron chi connectivity index (χ1n) is 8.90. The number of tetrazole rings is 1. The van der Waals surface area contributed by atoms with Gasteiger partial charge in [-0.05, 0) is 34.7 Å². The summed E-state index contributed by atoms with van der Waals surface area (Å²) in [7, 11) is 3.15. The lowest BCUT2D eigenvalue weighted by Crippen LogP contribution is -2.20. The fraction of sp³-hybridized carbons (Fsp3) is 0.278. The van der Waals surface area contributed by atoms with Gasteiger partial charge in [0.2, 0.25) is 5.16 Å². The average molecular weight is 470 g/mol. The van der Waals surface area contributed by atoms with Gasteiger partial charge < -0.3 is 19.5 Å². The van der Waals surface area contributed by atoms with E-state index in [1.54, 1.807) is 13.1 Å². The van der Waals surface area contributed by atoms with Gasteiger partial charge in [0.05, 0.1) is 19.0 Å². The van der Waals surface area contributed by atoms with Crippen molar-refractivity contribution < 1.29 is 32.2 Å². The first-order chi connectivity index (χ1) is 15.2. The van der Waals surface area contributed by atoms with Crippen LogP contribution in [-0.4, -0.2) is 51.2 Å². The Balaban J connectivity index is 1.56. The number of ether oxygens (including phenoxy) is 3. The summed E-state index contributed by atoms with van der Waals surface area (Å²) in [6.45, 7) is -0.360. The van der Waals surface area contributed by atoms with Crippen LogP contribution in [-0.2, 0) is 17.6 Å². The second-order valence-corrected chi connectivity index (χ2v) is 7.05. The minimum absolute atomic E-state index is 0.282. The molecular weight excluding hydrogens is 453 g/mol. The molecule has 0 spiro atoms. The fourth-order valence-electron chi connectivity index (χ4n) is 2.37. The van der Waals surface area contributed by atoms with Crippen molar-refractivity contribution in [2.45, 2.75) is 17.3 Å². The van der Waals surface area contributed by atoms with Crippen molar-refractivity contribution in [2.75, 3.05) is 19.0 Å². The molecule has 10 nitrogen and oxygen atoms in total. The number of methoxy groups -OCH3 is 1. The van der Waals surface area contributed by atoms with Crippen molar-refractivity contribution in [1.29, 1.82) is 0 Å². The Morgan fingerprint density at radius 1 is 1.22 bits per heavy atom. The molecule has 0 aliphatic rings. The molecule has 0 saturated carbocycles. The number of hydrogen-bond donors (Lipinski definition) is 1. The molecule has 0 unspecified atom stereocenters. The second kappa shape index (κ2) is 10.2. The third-order valence-electron chi connectivity index (χ3n) is 3.77. The van der Waals surface area contributed by atoms with Crippen LogP contribution in [0, 0.1) is 0 Å². The van der Waals surface area contributed by atoms with E-state index in [1.165, 1.54) is 41.9 Å². The molecule has 1 aromatic carbocycles. The number of thioether (sulfide) groups is 1. The minimum atomic E-state index is -4.79. The number of amides is 1. The van der Waals surface area contributed by atoms with Crippen molar-refractivity contribution in [1.82, 2.24) is 25.2 Å². The number of nitrogens with one attached hydrogen (secondary N) is 1. The Kier molecular flexibility index (Phi) is 7.35. The number of carbonyl (C=O) groups is 1. The van der Waals surface area contributed by atoms with Gasteiger partial charge >= 0.3 is 6.36 Å². The summed E-state index contributed by atoms with van der Waals surface area (Å²) in [5.74, 6) is 0.177. The quantitative estimate of drug-likeness (QED) is 0.472. The normalized spacial score (nSPS) is 11.2. The molecule has 2 aromatic heterocycles. The minimum Gasteiger partial charge on any atom is -0.491 e. The highest BCUT2D eigenvalue weighted by molar-refractivity contribution is 7.98. The van der Waals surface area contributed by atoms with Crippen LogP contribution in [0.5, 0.6) is 17.2 Å². The van der Waals surface area contributed by atoms with Gasteiger partial charge in [0.1, 0.15) is 5.75 Å². The Bertz CT molecular complexity index is 1060. The van der Waals surface area contributed by atoms with E-state index in [1.807, 2.05) is 0 Å². The van der Waals surface area contributed by atoms with Crippen LogP contribution in [0.4, 0.5) is 18.9 Å². The molecule has 1 amide bonds. The van der Waals surface area contributed by atoms with Crippen LogP contribution in [0.25, 0.3) is 0 Å². The number of aromatic nitrogens is 5. The van der Waals surface area contributed by atoms with Gasteiger partial charge in [-0.3, -0.25) is 9.78 Å². The number of nitrogens with zero attached hydrogens (tertiary/aromatic N) is 5. The van der Waals surface area contributed by atoms with E-state index in [9.17, 15) is 18.0 Å². The van der Waals surface area contributed by atoms with Crippen molar-refractivity contribution in [2.24, 2.45) is 7.05 Å². The summed E-state index contributed by atoms with van der Waals surface area (Å²) in [4.78, 5) is 16.4. The van der Waals surface area contributed by atoms with E-state index in [2.05, 4.69) is 30.6 Å². The summed E-state index contributed by atoms with van der Waals surface area (Å²) in [5, 5.41) is 14.3. The molecule has 0 saturated heterocycles. The Morgan fingerprint density at radius 2 is 1.97 bits per heavy atom. The summed E-state index contributed by atoms with van der Waals surface area (Å²) in [6, 6.07) is 6.37. The summed E-state index contributed by atoms with van der Waals surface area (Å²) in [6.07, 6.45) is -3.32. The van der Waals surface area contributed by atoms with Crippen LogP contribution < -0.4 is 19.5 Å². The molecule has 3 aromatic rings. The van der Waals surface area contributed by atoms with Gasteiger partial charge in [-0.25, -0.2) is 4.68 Å². The number of hydrogen-bond acceptors (Lipinski definition) is 9. The molecule has 0 fully saturated rings. The molecule has 32 heavy (non-hydrogen) atoms. The summed E-state index contributed by atoms with van der Waals surface area (Å²) >= 11 is 1.37. The zero-order valence-electron chi connectivity index (χ0n) is 16.8. The number of aryl methyl sites for hydroxylation is 1. The maximum absolute atomic E-state index is 12.2. The molecule has 170 valence electrons. The molecule has 0 radical (unpaired) electrons. The molecular formula is C18H17F3N6O4S. The lowest BCUT2D eigenvalue weighted by atomic mass is 10.3. The number of rotatable bonds is 9. The zero-order valence-corrected chi connectivity index (χ0v) is 17.6. The molecule has 0 bridgehead atoms. The number of pyridine rings is 1. The number of anilines is 1. The molecule has 3 rings (SSSR count). The van der Waals surface area contributed by atoms with Crippen LogP contribution in [0.3, 0.4) is 0 Å². The lowest BCUT2D eigenvalue weighted by molar-refractivity contribution is -0.274. The van der Waals surface area contributed by atoms with E-state index in [0.29, 0.717) is 28.1 Å². The topological polar surface area (TPSA) is 113 Å². The number of alkyl halides is 3. The third kappa shape index (κ3) is 6.73. The van der Waals surface area contributed by atoms with Crippen molar-refractivity contribution in [3.8, 4) is 17.2 Å². The van der Waals surface area contributed by atoms with Crippen LogP contribution >= 0.6 is 11.8 Å². The molecule has 2 heterocycles. The maximum atomic E-state index is 12.2. The molecule has 1 N–H and O–H groups in total. The fourth-order valence-corrected chi connectivity index (χ4v) is 3.12. The summed E-state index contributed by atoms with van der Waals surface area (Å²) in [5.41, 5.74) is 0.929. The highest BCUT2D eigenvalue weighted by Crippen LogP contribution is 2.29. The number of benzene rings is 1. The first kappa shape index (κ1) is 23.1. The maximum Gasteiger partial charge on any atom is 0.573 e. The van der Waals surface area contributed by atoms with Crippen molar-refractivity contribution >= 4 is 23.4 Å². The highest BCUT2D eigenvalue weighted by atomic mass is 32.2. The number of halogens is 3. The predicted octanol–water partition coefficient (Wildman–Crippen LogP) is 2.82. The molecule has 14 heteroatoms. The Hall–Kier alpha value is -3.55. The van der Waals surface area contributed by atoms with Crippen LogP contribution in [0.1, 0.15) is 5.69 Å². The van der Waals surface area contributed by atoms with E-state index >= 15 is 0 Å². The highest BCUT2D eigenvalue weighted by Gasteiger charge is 2.31. The van der Waals surface area contributed by atoms with Gasteiger partial charge in [-0.2, -0.15) is 0 Å². The second-order valence-electron chi connectivity index (χ2n) is 6.11. The zero-order chi connectivity index (χ0) is 23.1. The van der Waals surface area contributed by atoms with Gasteiger partial charge in [-0.1, -0.05) is 11.8 Å². The Morgan fingerprint density at radius 3 is 2.59 bits per heavy atom. The van der Waals surface area contributed by atoms with E-state index in [0.717, 1.165) is 12.1 Å². The SMILES string of the molecule is COc1cnc(CSc2nnnn2C)cc1OCC(=O)Nc1ccc(OC(F)(F)F)cc1. The lowest BCUT2D eigenvalue weighted by Gasteiger charge is -2.12. The van der Waals surface area contributed by atoms with E-state index in [4.69, 9.17) is 9.47 Å².